The Hall–Kier alpha value is -7.43. The zero-order valence-electron chi connectivity index (χ0n) is 29.8. The van der Waals surface area contributed by atoms with Gasteiger partial charge in [-0.05, 0) is 82.2 Å². The van der Waals surface area contributed by atoms with Crippen molar-refractivity contribution >= 4 is 71.2 Å². The molecular formula is C51H32N4. The van der Waals surface area contributed by atoms with Gasteiger partial charge in [-0.15, -0.1) is 0 Å². The Bertz CT molecular complexity index is 3480. The monoisotopic (exact) mass is 700 g/mol. The van der Waals surface area contributed by atoms with Gasteiger partial charge < -0.3 is 4.57 Å². The molecule has 0 aliphatic rings. The zero-order chi connectivity index (χ0) is 36.0. The first-order valence-corrected chi connectivity index (χ1v) is 18.8. The van der Waals surface area contributed by atoms with E-state index in [0.29, 0.717) is 0 Å². The van der Waals surface area contributed by atoms with Gasteiger partial charge in [0.2, 0.25) is 0 Å². The quantitative estimate of drug-likeness (QED) is 0.168. The van der Waals surface area contributed by atoms with Gasteiger partial charge in [0.25, 0.3) is 0 Å². The molecule has 256 valence electrons. The van der Waals surface area contributed by atoms with Gasteiger partial charge in [0.15, 0.2) is 5.65 Å². The molecule has 0 bridgehead atoms. The first-order chi connectivity index (χ1) is 27.3. The lowest BCUT2D eigenvalue weighted by atomic mass is 9.98. The molecule has 0 aliphatic heterocycles. The molecule has 4 aromatic heterocycles. The fourth-order valence-corrected chi connectivity index (χ4v) is 9.06. The minimum absolute atomic E-state index is 0.952. The van der Waals surface area contributed by atoms with E-state index >= 15 is 0 Å². The van der Waals surface area contributed by atoms with E-state index in [4.69, 9.17) is 4.98 Å². The predicted octanol–water partition coefficient (Wildman–Crippen LogP) is 13.2. The third kappa shape index (κ3) is 4.31. The maximum Gasteiger partial charge on any atom is 0.165 e. The number of fused-ring (bicyclic) bond motifs is 13. The van der Waals surface area contributed by atoms with E-state index < -0.39 is 0 Å². The molecule has 55 heavy (non-hydrogen) atoms. The molecule has 12 aromatic rings. The summed E-state index contributed by atoms with van der Waals surface area (Å²) >= 11 is 0. The minimum atomic E-state index is 0.952. The number of hydrogen-bond donors (Lipinski definition) is 0. The summed E-state index contributed by atoms with van der Waals surface area (Å²) < 4.78 is 7.15. The summed E-state index contributed by atoms with van der Waals surface area (Å²) in [4.78, 5) is 5.49. The lowest BCUT2D eigenvalue weighted by Gasteiger charge is -2.11. The van der Waals surface area contributed by atoms with Gasteiger partial charge in [-0.3, -0.25) is 8.97 Å². The van der Waals surface area contributed by atoms with E-state index in [9.17, 15) is 0 Å². The molecule has 0 fully saturated rings. The summed E-state index contributed by atoms with van der Waals surface area (Å²) in [6.45, 7) is 0. The standard InChI is InChI=1S/C51H32N4/c1-3-15-33(16-4-1)34-17-13-20-37(31-34)53-45-27-12-10-24-42(45)48-38(25-14-28-47(48)53)35-29-30-46-43(32-35)49-51(54(46)36-18-5-2-6-19-36)52-50-41-23-8-7-21-39(41)40-22-9-11-26-44(40)55(49)50/h1-32H. The largest absolute Gasteiger partial charge is 0.309 e. The summed E-state index contributed by atoms with van der Waals surface area (Å²) in [5, 5.41) is 7.23. The molecule has 0 saturated carbocycles. The van der Waals surface area contributed by atoms with Gasteiger partial charge in [0.1, 0.15) is 11.2 Å². The van der Waals surface area contributed by atoms with E-state index in [0.717, 1.165) is 44.6 Å². The van der Waals surface area contributed by atoms with Crippen LogP contribution in [0.4, 0.5) is 0 Å². The van der Waals surface area contributed by atoms with Crippen molar-refractivity contribution in [2.75, 3.05) is 0 Å². The maximum atomic E-state index is 5.49. The second-order valence-corrected chi connectivity index (χ2v) is 14.4. The van der Waals surface area contributed by atoms with Crippen molar-refractivity contribution in [2.45, 2.75) is 0 Å². The fraction of sp³-hybridized carbons (Fsp3) is 0. The van der Waals surface area contributed by atoms with Crippen LogP contribution < -0.4 is 0 Å². The Balaban J connectivity index is 1.17. The number of hydrogen-bond acceptors (Lipinski definition) is 1. The molecule has 0 saturated heterocycles. The van der Waals surface area contributed by atoms with E-state index in [-0.39, 0.29) is 0 Å². The van der Waals surface area contributed by atoms with Crippen LogP contribution in [0.5, 0.6) is 0 Å². The molecule has 4 heterocycles. The van der Waals surface area contributed by atoms with Gasteiger partial charge in [0, 0.05) is 38.3 Å². The molecule has 4 nitrogen and oxygen atoms in total. The Morgan fingerprint density at radius 1 is 0.327 bits per heavy atom. The summed E-state index contributed by atoms with van der Waals surface area (Å²) in [7, 11) is 0. The topological polar surface area (TPSA) is 27.2 Å². The van der Waals surface area contributed by atoms with Crippen LogP contribution in [0.3, 0.4) is 0 Å². The number of para-hydroxylation sites is 3. The van der Waals surface area contributed by atoms with Crippen LogP contribution in [0.15, 0.2) is 194 Å². The lowest BCUT2D eigenvalue weighted by molar-refractivity contribution is 1.15. The van der Waals surface area contributed by atoms with Crippen LogP contribution in [-0.4, -0.2) is 18.5 Å². The number of rotatable bonds is 4. The number of pyridine rings is 1. The van der Waals surface area contributed by atoms with Crippen molar-refractivity contribution in [2.24, 2.45) is 0 Å². The molecule has 0 amide bonds. The van der Waals surface area contributed by atoms with E-state index in [1.807, 2.05) is 0 Å². The molecular weight excluding hydrogens is 669 g/mol. The lowest BCUT2D eigenvalue weighted by Crippen LogP contribution is -1.95. The molecule has 0 spiro atoms. The van der Waals surface area contributed by atoms with Crippen LogP contribution in [0, 0.1) is 0 Å². The van der Waals surface area contributed by atoms with Crippen LogP contribution >= 0.6 is 0 Å². The van der Waals surface area contributed by atoms with Crippen LogP contribution in [0.1, 0.15) is 0 Å². The van der Waals surface area contributed by atoms with Crippen LogP contribution in [-0.2, 0) is 0 Å². The number of benzene rings is 8. The molecule has 8 aromatic carbocycles. The molecule has 0 atom stereocenters. The smallest absolute Gasteiger partial charge is 0.165 e. The highest BCUT2D eigenvalue weighted by molar-refractivity contribution is 6.19. The minimum Gasteiger partial charge on any atom is -0.309 e. The summed E-state index contributed by atoms with van der Waals surface area (Å²) in [5.41, 5.74) is 14.7. The fourth-order valence-electron chi connectivity index (χ4n) is 9.06. The van der Waals surface area contributed by atoms with Crippen LogP contribution in [0.25, 0.3) is 105 Å². The average molecular weight is 701 g/mol. The van der Waals surface area contributed by atoms with Gasteiger partial charge in [0.05, 0.1) is 22.1 Å². The molecule has 0 radical (unpaired) electrons. The Kier molecular flexibility index (Phi) is 6.31. The van der Waals surface area contributed by atoms with Crippen LogP contribution in [0.2, 0.25) is 0 Å². The molecule has 12 rings (SSSR count). The van der Waals surface area contributed by atoms with Crippen molar-refractivity contribution in [1.29, 1.82) is 0 Å². The van der Waals surface area contributed by atoms with Crippen molar-refractivity contribution in [3.8, 4) is 33.6 Å². The Morgan fingerprint density at radius 3 is 1.78 bits per heavy atom. The van der Waals surface area contributed by atoms with Gasteiger partial charge >= 0.3 is 0 Å². The van der Waals surface area contributed by atoms with Gasteiger partial charge in [-0.1, -0.05) is 140 Å². The highest BCUT2D eigenvalue weighted by Gasteiger charge is 2.23. The number of imidazole rings is 1. The average Bonchev–Trinajstić information content (AvgIpc) is 3.92. The van der Waals surface area contributed by atoms with E-state index in [1.54, 1.807) is 0 Å². The highest BCUT2D eigenvalue weighted by atomic mass is 15.1. The van der Waals surface area contributed by atoms with Crippen molar-refractivity contribution in [1.82, 2.24) is 18.5 Å². The second-order valence-electron chi connectivity index (χ2n) is 14.4. The Morgan fingerprint density at radius 2 is 0.945 bits per heavy atom. The predicted molar refractivity (Wildman–Crippen MR) is 230 cm³/mol. The van der Waals surface area contributed by atoms with Crippen molar-refractivity contribution < 1.29 is 0 Å². The van der Waals surface area contributed by atoms with E-state index in [1.165, 1.54) is 60.2 Å². The maximum absolute atomic E-state index is 5.49. The zero-order valence-corrected chi connectivity index (χ0v) is 29.8. The Labute approximate surface area is 316 Å². The van der Waals surface area contributed by atoms with Gasteiger partial charge in [-0.2, -0.15) is 0 Å². The number of aromatic nitrogens is 4. The number of nitrogens with zero attached hydrogens (tertiary/aromatic N) is 4. The summed E-state index contributed by atoms with van der Waals surface area (Å²) in [5.74, 6) is 0. The molecule has 4 heteroatoms. The van der Waals surface area contributed by atoms with Crippen molar-refractivity contribution in [3.63, 3.8) is 0 Å². The normalized spacial score (nSPS) is 12.0. The molecule has 0 unspecified atom stereocenters. The third-order valence-corrected chi connectivity index (χ3v) is 11.4. The second kappa shape index (κ2) is 11.5. The summed E-state index contributed by atoms with van der Waals surface area (Å²) in [6, 6.07) is 70.1. The third-order valence-electron chi connectivity index (χ3n) is 11.4. The SMILES string of the molecule is c1ccc(-c2cccc(-n3c4ccccc4c4c(-c5ccc6c(c5)c5c(nc7c8ccccc8c8ccccc8n75)n6-c5ccccc5)cccc43)c2)cc1. The molecule has 0 aliphatic carbocycles. The molecule has 0 N–H and O–H groups in total. The first-order valence-electron chi connectivity index (χ1n) is 18.8. The van der Waals surface area contributed by atoms with Gasteiger partial charge in [-0.25, -0.2) is 4.98 Å². The van der Waals surface area contributed by atoms with E-state index in [2.05, 4.69) is 208 Å². The summed E-state index contributed by atoms with van der Waals surface area (Å²) in [6.07, 6.45) is 0. The first kappa shape index (κ1) is 30.1. The van der Waals surface area contributed by atoms with Crippen molar-refractivity contribution in [3.05, 3.63) is 194 Å². The highest BCUT2D eigenvalue weighted by Crippen LogP contribution is 2.43.